The van der Waals surface area contributed by atoms with E-state index in [4.69, 9.17) is 16.6 Å². The van der Waals surface area contributed by atoms with E-state index in [0.717, 1.165) is 50.2 Å². The molecule has 0 spiro atoms. The van der Waals surface area contributed by atoms with E-state index in [9.17, 15) is 14.9 Å². The van der Waals surface area contributed by atoms with Gasteiger partial charge in [-0.05, 0) is 50.0 Å². The smallest absolute Gasteiger partial charge is 0.270 e. The highest BCUT2D eigenvalue weighted by molar-refractivity contribution is 8.26. The zero-order valence-corrected chi connectivity index (χ0v) is 20.4. The molecule has 0 aromatic carbocycles. The molecule has 2 saturated heterocycles. The summed E-state index contributed by atoms with van der Waals surface area (Å²) in [6.45, 7) is 6.36. The molecule has 1 amide bonds. The molecule has 0 unspecified atom stereocenters. The minimum Gasteiger partial charge on any atom is -0.467 e. The van der Waals surface area contributed by atoms with Crippen LogP contribution in [-0.2, 0) is 17.9 Å². The summed E-state index contributed by atoms with van der Waals surface area (Å²) in [6, 6.07) is 5.68. The monoisotopic (exact) mass is 482 g/mol. The largest absolute Gasteiger partial charge is 0.467 e. The molecular weight excluding hydrogens is 456 g/mol. The first-order chi connectivity index (χ1) is 16.0. The third-order valence-corrected chi connectivity index (χ3v) is 7.41. The first-order valence-corrected chi connectivity index (χ1v) is 12.4. The van der Waals surface area contributed by atoms with Crippen LogP contribution in [0.3, 0.4) is 0 Å². The molecule has 33 heavy (non-hydrogen) atoms. The van der Waals surface area contributed by atoms with Crippen molar-refractivity contribution in [2.75, 3.05) is 18.0 Å². The number of amides is 1. The fourth-order valence-corrected chi connectivity index (χ4v) is 5.50. The van der Waals surface area contributed by atoms with Crippen molar-refractivity contribution in [3.63, 3.8) is 0 Å². The second-order valence-electron chi connectivity index (χ2n) is 8.20. The maximum Gasteiger partial charge on any atom is 0.270 e. The van der Waals surface area contributed by atoms with Crippen molar-refractivity contribution in [2.24, 2.45) is 0 Å². The Morgan fingerprint density at radius 1 is 1.30 bits per heavy atom. The predicted molar refractivity (Wildman–Crippen MR) is 134 cm³/mol. The Morgan fingerprint density at radius 3 is 2.70 bits per heavy atom. The van der Waals surface area contributed by atoms with Gasteiger partial charge in [-0.2, -0.15) is 5.26 Å². The van der Waals surface area contributed by atoms with Gasteiger partial charge in [0.25, 0.3) is 11.5 Å². The van der Waals surface area contributed by atoms with E-state index in [1.54, 1.807) is 29.9 Å². The molecule has 0 aliphatic carbocycles. The van der Waals surface area contributed by atoms with Crippen LogP contribution >= 0.6 is 24.0 Å². The molecule has 0 atom stereocenters. The van der Waals surface area contributed by atoms with Crippen LogP contribution < -0.4 is 10.5 Å². The fraction of sp³-hybridized carbons (Fsp3) is 0.417. The number of hydrogen-bond acceptors (Lipinski definition) is 7. The van der Waals surface area contributed by atoms with Crippen molar-refractivity contribution in [3.8, 4) is 6.07 Å². The third kappa shape index (κ3) is 4.50. The van der Waals surface area contributed by atoms with E-state index >= 15 is 0 Å². The number of pyridine rings is 1. The van der Waals surface area contributed by atoms with Gasteiger partial charge in [-0.15, -0.1) is 0 Å². The fourth-order valence-electron chi connectivity index (χ4n) is 4.26. The summed E-state index contributed by atoms with van der Waals surface area (Å²) in [5.74, 6) is 1.26. The number of thioether (sulfide) groups is 1. The number of furan rings is 1. The van der Waals surface area contributed by atoms with Crippen molar-refractivity contribution in [1.82, 2.24) is 9.47 Å². The minimum absolute atomic E-state index is 0.131. The number of rotatable bonds is 7. The van der Waals surface area contributed by atoms with Crippen molar-refractivity contribution >= 4 is 46.1 Å². The molecule has 4 heterocycles. The van der Waals surface area contributed by atoms with Gasteiger partial charge in [0.15, 0.2) is 0 Å². The maximum absolute atomic E-state index is 13.2. The van der Waals surface area contributed by atoms with Crippen LogP contribution in [0.5, 0.6) is 0 Å². The Balaban J connectivity index is 1.83. The second-order valence-corrected chi connectivity index (χ2v) is 9.88. The molecule has 2 fully saturated rings. The van der Waals surface area contributed by atoms with Crippen LogP contribution in [0.25, 0.3) is 6.08 Å². The van der Waals surface area contributed by atoms with Gasteiger partial charge >= 0.3 is 0 Å². The van der Waals surface area contributed by atoms with Gasteiger partial charge in [0.1, 0.15) is 27.5 Å². The van der Waals surface area contributed by atoms with E-state index < -0.39 is 0 Å². The number of hydrogen-bond donors (Lipinski definition) is 0. The summed E-state index contributed by atoms with van der Waals surface area (Å²) in [7, 11) is 0. The quantitative estimate of drug-likeness (QED) is 0.427. The summed E-state index contributed by atoms with van der Waals surface area (Å²) in [4.78, 5) is 30.7. The molecule has 2 aliphatic rings. The number of anilines is 1. The predicted octanol–water partition coefficient (Wildman–Crippen LogP) is 4.42. The number of nitrogens with zero attached hydrogens (tertiary/aromatic N) is 4. The molecule has 2 aromatic rings. The Bertz CT molecular complexity index is 1200. The summed E-state index contributed by atoms with van der Waals surface area (Å²) < 4.78 is 7.58. The van der Waals surface area contributed by atoms with Crippen LogP contribution in [0, 0.1) is 18.3 Å². The molecule has 172 valence electrons. The highest BCUT2D eigenvalue weighted by atomic mass is 32.2. The van der Waals surface area contributed by atoms with Gasteiger partial charge in [0, 0.05) is 25.2 Å². The van der Waals surface area contributed by atoms with Crippen LogP contribution in [0.4, 0.5) is 5.82 Å². The number of nitriles is 1. The number of aromatic nitrogens is 1. The number of carbonyl (C=O) groups excluding carboxylic acids is 1. The molecular formula is C24H26N4O3S2. The van der Waals surface area contributed by atoms with Crippen LogP contribution in [0.15, 0.2) is 32.5 Å². The molecule has 2 aliphatic heterocycles. The lowest BCUT2D eigenvalue weighted by Gasteiger charge is -2.27. The lowest BCUT2D eigenvalue weighted by molar-refractivity contribution is -0.122. The average molecular weight is 483 g/mol. The van der Waals surface area contributed by atoms with Gasteiger partial charge in [0.2, 0.25) is 0 Å². The molecule has 0 saturated carbocycles. The Morgan fingerprint density at radius 2 is 2.06 bits per heavy atom. The lowest BCUT2D eigenvalue weighted by Crippen LogP contribution is -2.33. The number of thiocarbonyl (C=S) groups is 1. The second kappa shape index (κ2) is 9.98. The van der Waals surface area contributed by atoms with Crippen molar-refractivity contribution < 1.29 is 9.21 Å². The Hall–Kier alpha value is -2.83. The van der Waals surface area contributed by atoms with Gasteiger partial charge in [-0.3, -0.25) is 19.1 Å². The molecule has 0 N–H and O–H groups in total. The van der Waals surface area contributed by atoms with Crippen molar-refractivity contribution in [1.29, 1.82) is 5.26 Å². The molecule has 9 heteroatoms. The minimum atomic E-state index is -0.257. The third-order valence-electron chi connectivity index (χ3n) is 6.03. The van der Waals surface area contributed by atoms with Gasteiger partial charge in [-0.1, -0.05) is 37.3 Å². The molecule has 0 radical (unpaired) electrons. The summed E-state index contributed by atoms with van der Waals surface area (Å²) in [5, 5.41) is 9.76. The molecule has 7 nitrogen and oxygen atoms in total. The lowest BCUT2D eigenvalue weighted by atomic mass is 10.0. The topological polar surface area (TPSA) is 82.5 Å². The Kier molecular flexibility index (Phi) is 7.05. The van der Waals surface area contributed by atoms with Gasteiger partial charge in [-0.25, -0.2) is 0 Å². The van der Waals surface area contributed by atoms with Crippen molar-refractivity contribution in [2.45, 2.75) is 52.6 Å². The van der Waals surface area contributed by atoms with E-state index in [2.05, 4.69) is 17.9 Å². The number of carbonyl (C=O) groups is 1. The van der Waals surface area contributed by atoms with Gasteiger partial charge in [0.05, 0.1) is 17.7 Å². The first kappa shape index (κ1) is 23.3. The number of unbranched alkanes of at least 4 members (excludes halogenated alkanes) is 1. The van der Waals surface area contributed by atoms with E-state index in [0.29, 0.717) is 27.1 Å². The van der Waals surface area contributed by atoms with Crippen LogP contribution in [-0.4, -0.2) is 32.8 Å². The SMILES string of the molecule is CCCCn1c(N2CCCC2)c(/C=C2/SC(=S)N(Cc3ccco3)C2=O)c(C)c(C#N)c1=O. The normalized spacial score (nSPS) is 17.4. The zero-order chi connectivity index (χ0) is 23.5. The van der Waals surface area contributed by atoms with Crippen molar-refractivity contribution in [3.05, 3.63) is 56.1 Å². The summed E-state index contributed by atoms with van der Waals surface area (Å²) in [5.41, 5.74) is 1.23. The summed E-state index contributed by atoms with van der Waals surface area (Å²) >= 11 is 6.72. The highest BCUT2D eigenvalue weighted by Crippen LogP contribution is 2.37. The molecule has 2 aromatic heterocycles. The zero-order valence-electron chi connectivity index (χ0n) is 18.8. The standard InChI is InChI=1S/C24H26N4O3S2/c1-3-4-11-27-21(26-9-5-6-10-26)18(16(2)19(14-25)22(27)29)13-20-23(30)28(24(32)33-20)15-17-8-7-12-31-17/h7-8,12-13H,3-6,9-11,15H2,1-2H3/b20-13+. The van der Waals surface area contributed by atoms with E-state index in [-0.39, 0.29) is 23.6 Å². The van der Waals surface area contributed by atoms with E-state index in [1.807, 2.05) is 6.08 Å². The molecule has 4 rings (SSSR count). The van der Waals surface area contributed by atoms with Gasteiger partial charge < -0.3 is 9.32 Å². The van der Waals surface area contributed by atoms with E-state index in [1.165, 1.54) is 16.7 Å². The summed E-state index contributed by atoms with van der Waals surface area (Å²) in [6.07, 6.45) is 7.24. The highest BCUT2D eigenvalue weighted by Gasteiger charge is 2.34. The Labute approximate surface area is 202 Å². The van der Waals surface area contributed by atoms with Crippen LogP contribution in [0.2, 0.25) is 0 Å². The first-order valence-electron chi connectivity index (χ1n) is 11.2. The maximum atomic E-state index is 13.2. The molecule has 0 bridgehead atoms. The van der Waals surface area contributed by atoms with Crippen LogP contribution in [0.1, 0.15) is 55.1 Å². The average Bonchev–Trinajstić information content (AvgIpc) is 3.55.